The van der Waals surface area contributed by atoms with Crippen molar-refractivity contribution in [2.45, 2.75) is 33.2 Å². The molecule has 1 N–H and O–H groups in total. The van der Waals surface area contributed by atoms with E-state index in [9.17, 15) is 8.42 Å². The van der Waals surface area contributed by atoms with Crippen LogP contribution in [0.2, 0.25) is 0 Å². The lowest BCUT2D eigenvalue weighted by Gasteiger charge is -2.33. The molecule has 1 saturated heterocycles. The number of sulfonamides is 1. The molecule has 1 aliphatic heterocycles. The summed E-state index contributed by atoms with van der Waals surface area (Å²) in [7, 11) is -3.05. The average molecular weight is 234 g/mol. The largest absolute Gasteiger partial charge is 0.314 e. The Labute approximate surface area is 93.1 Å². The molecule has 1 aliphatic rings. The summed E-state index contributed by atoms with van der Waals surface area (Å²) in [5.74, 6) is 0.533. The van der Waals surface area contributed by atoms with E-state index in [1.165, 1.54) is 0 Å². The SMILES string of the molecule is CCC(C)CS(=O)(=O)N1CCNCC1C. The van der Waals surface area contributed by atoms with Crippen LogP contribution in [0.15, 0.2) is 0 Å². The van der Waals surface area contributed by atoms with Crippen LogP contribution in [-0.2, 0) is 10.0 Å². The lowest BCUT2D eigenvalue weighted by atomic mass is 10.2. The van der Waals surface area contributed by atoms with Gasteiger partial charge in [0.15, 0.2) is 0 Å². The van der Waals surface area contributed by atoms with Gasteiger partial charge in [-0.1, -0.05) is 20.3 Å². The molecule has 0 radical (unpaired) electrons. The minimum Gasteiger partial charge on any atom is -0.314 e. The van der Waals surface area contributed by atoms with Crippen LogP contribution in [0.5, 0.6) is 0 Å². The molecule has 90 valence electrons. The number of nitrogens with zero attached hydrogens (tertiary/aromatic N) is 1. The molecule has 0 amide bonds. The molecule has 0 aliphatic carbocycles. The highest BCUT2D eigenvalue weighted by Gasteiger charge is 2.29. The summed E-state index contributed by atoms with van der Waals surface area (Å²) in [6, 6.07) is 0.0906. The van der Waals surface area contributed by atoms with Gasteiger partial charge >= 0.3 is 0 Å². The Morgan fingerprint density at radius 2 is 2.20 bits per heavy atom. The molecule has 0 saturated carbocycles. The number of hydrogen-bond acceptors (Lipinski definition) is 3. The van der Waals surface area contributed by atoms with Crippen molar-refractivity contribution < 1.29 is 8.42 Å². The fourth-order valence-corrected chi connectivity index (χ4v) is 3.95. The van der Waals surface area contributed by atoms with Crippen molar-refractivity contribution in [1.82, 2.24) is 9.62 Å². The van der Waals surface area contributed by atoms with Gasteiger partial charge in [-0.3, -0.25) is 0 Å². The third-order valence-electron chi connectivity index (χ3n) is 2.99. The molecule has 0 spiro atoms. The second-order valence-corrected chi connectivity index (χ2v) is 6.42. The van der Waals surface area contributed by atoms with E-state index in [2.05, 4.69) is 5.32 Å². The highest BCUT2D eigenvalue weighted by Crippen LogP contribution is 2.14. The highest BCUT2D eigenvalue weighted by atomic mass is 32.2. The topological polar surface area (TPSA) is 49.4 Å². The van der Waals surface area contributed by atoms with Crippen LogP contribution in [-0.4, -0.2) is 44.2 Å². The normalized spacial score (nSPS) is 26.5. The minimum absolute atomic E-state index is 0.0906. The van der Waals surface area contributed by atoms with Crippen molar-refractivity contribution in [1.29, 1.82) is 0 Å². The summed E-state index contributed by atoms with van der Waals surface area (Å²) in [5, 5.41) is 3.20. The molecular formula is C10H22N2O2S. The summed E-state index contributed by atoms with van der Waals surface area (Å²) in [6.45, 7) is 8.12. The molecule has 1 heterocycles. The van der Waals surface area contributed by atoms with Crippen molar-refractivity contribution in [2.75, 3.05) is 25.4 Å². The van der Waals surface area contributed by atoms with E-state index in [1.54, 1.807) is 4.31 Å². The lowest BCUT2D eigenvalue weighted by molar-refractivity contribution is 0.282. The van der Waals surface area contributed by atoms with E-state index in [4.69, 9.17) is 0 Å². The lowest BCUT2D eigenvalue weighted by Crippen LogP contribution is -2.53. The fourth-order valence-electron chi connectivity index (χ4n) is 1.81. The van der Waals surface area contributed by atoms with Gasteiger partial charge in [0.2, 0.25) is 10.0 Å². The van der Waals surface area contributed by atoms with Crippen molar-refractivity contribution >= 4 is 10.0 Å². The first-order valence-electron chi connectivity index (χ1n) is 5.67. The summed E-state index contributed by atoms with van der Waals surface area (Å²) >= 11 is 0. The van der Waals surface area contributed by atoms with Crippen molar-refractivity contribution in [2.24, 2.45) is 5.92 Å². The van der Waals surface area contributed by atoms with Gasteiger partial charge in [0.05, 0.1) is 5.75 Å². The molecule has 0 bridgehead atoms. The number of hydrogen-bond donors (Lipinski definition) is 1. The summed E-state index contributed by atoms with van der Waals surface area (Å²) in [5.41, 5.74) is 0. The molecular weight excluding hydrogens is 212 g/mol. The van der Waals surface area contributed by atoms with Crippen molar-refractivity contribution in [3.63, 3.8) is 0 Å². The van der Waals surface area contributed by atoms with Gasteiger partial charge in [0.25, 0.3) is 0 Å². The van der Waals surface area contributed by atoms with Gasteiger partial charge in [0, 0.05) is 25.7 Å². The summed E-state index contributed by atoms with van der Waals surface area (Å²) in [4.78, 5) is 0. The Morgan fingerprint density at radius 1 is 1.53 bits per heavy atom. The number of rotatable bonds is 4. The standard InChI is InChI=1S/C10H22N2O2S/c1-4-9(2)8-15(13,14)12-6-5-11-7-10(12)3/h9-11H,4-8H2,1-3H3. The Morgan fingerprint density at radius 3 is 2.73 bits per heavy atom. The van der Waals surface area contributed by atoms with E-state index in [0.717, 1.165) is 19.5 Å². The van der Waals surface area contributed by atoms with Gasteiger partial charge in [-0.2, -0.15) is 4.31 Å². The smallest absolute Gasteiger partial charge is 0.214 e. The van der Waals surface area contributed by atoms with Crippen LogP contribution < -0.4 is 5.32 Å². The highest BCUT2D eigenvalue weighted by molar-refractivity contribution is 7.89. The van der Waals surface area contributed by atoms with E-state index in [0.29, 0.717) is 6.54 Å². The molecule has 1 rings (SSSR count). The molecule has 4 nitrogen and oxygen atoms in total. The third kappa shape index (κ3) is 3.43. The first kappa shape index (κ1) is 12.9. The van der Waals surface area contributed by atoms with E-state index in [1.807, 2.05) is 20.8 Å². The molecule has 1 fully saturated rings. The van der Waals surface area contributed by atoms with E-state index >= 15 is 0 Å². The van der Waals surface area contributed by atoms with E-state index in [-0.39, 0.29) is 17.7 Å². The molecule has 0 aromatic heterocycles. The van der Waals surface area contributed by atoms with Crippen molar-refractivity contribution in [3.05, 3.63) is 0 Å². The molecule has 2 unspecified atom stereocenters. The van der Waals surface area contributed by atoms with Crippen LogP contribution in [0.4, 0.5) is 0 Å². The van der Waals surface area contributed by atoms with Crippen LogP contribution in [0.1, 0.15) is 27.2 Å². The Bertz CT molecular complexity index is 290. The summed E-state index contributed by atoms with van der Waals surface area (Å²) < 4.78 is 25.8. The maximum Gasteiger partial charge on any atom is 0.214 e. The maximum absolute atomic E-state index is 12.1. The van der Waals surface area contributed by atoms with Crippen LogP contribution in [0, 0.1) is 5.92 Å². The average Bonchev–Trinajstić information content (AvgIpc) is 2.17. The third-order valence-corrected chi connectivity index (χ3v) is 5.24. The quantitative estimate of drug-likeness (QED) is 0.777. The molecule has 15 heavy (non-hydrogen) atoms. The zero-order valence-corrected chi connectivity index (χ0v) is 10.7. The molecule has 2 atom stereocenters. The number of nitrogens with one attached hydrogen (secondary N) is 1. The second kappa shape index (κ2) is 5.27. The first-order chi connectivity index (χ1) is 6.97. The predicted molar refractivity (Wildman–Crippen MR) is 62.3 cm³/mol. The minimum atomic E-state index is -3.05. The monoisotopic (exact) mass is 234 g/mol. The first-order valence-corrected chi connectivity index (χ1v) is 7.28. The van der Waals surface area contributed by atoms with Gasteiger partial charge in [-0.15, -0.1) is 0 Å². The Kier molecular flexibility index (Phi) is 4.55. The van der Waals surface area contributed by atoms with Gasteiger partial charge in [-0.05, 0) is 12.8 Å². The van der Waals surface area contributed by atoms with Crippen LogP contribution in [0.25, 0.3) is 0 Å². The molecule has 0 aromatic carbocycles. The van der Waals surface area contributed by atoms with Gasteiger partial charge in [-0.25, -0.2) is 8.42 Å². The van der Waals surface area contributed by atoms with Crippen LogP contribution >= 0.6 is 0 Å². The molecule has 5 heteroatoms. The predicted octanol–water partition coefficient (Wildman–Crippen LogP) is 0.656. The zero-order valence-electron chi connectivity index (χ0n) is 9.86. The van der Waals surface area contributed by atoms with Crippen LogP contribution in [0.3, 0.4) is 0 Å². The Balaban J connectivity index is 2.67. The number of piperazine rings is 1. The maximum atomic E-state index is 12.1. The van der Waals surface area contributed by atoms with Crippen molar-refractivity contribution in [3.8, 4) is 0 Å². The second-order valence-electron chi connectivity index (χ2n) is 4.46. The van der Waals surface area contributed by atoms with Gasteiger partial charge in [0.1, 0.15) is 0 Å². The Hall–Kier alpha value is -0.130. The fraction of sp³-hybridized carbons (Fsp3) is 1.00. The molecule has 0 aromatic rings. The zero-order chi connectivity index (χ0) is 11.5. The van der Waals surface area contributed by atoms with Gasteiger partial charge < -0.3 is 5.32 Å². The van der Waals surface area contributed by atoms with E-state index < -0.39 is 10.0 Å². The summed E-state index contributed by atoms with van der Waals surface area (Å²) in [6.07, 6.45) is 0.916.